The van der Waals surface area contributed by atoms with E-state index in [1.807, 2.05) is 23.1 Å². The number of nitrogens with one attached hydrogen (secondary N) is 1. The van der Waals surface area contributed by atoms with Crippen LogP contribution in [0, 0.1) is 18.6 Å². The maximum atomic E-state index is 12.8. The van der Waals surface area contributed by atoms with Crippen LogP contribution in [0.2, 0.25) is 0 Å². The van der Waals surface area contributed by atoms with Gasteiger partial charge in [-0.2, -0.15) is 0 Å². The van der Waals surface area contributed by atoms with Gasteiger partial charge in [-0.25, -0.2) is 0 Å². The monoisotopic (exact) mass is 422 g/mol. The second kappa shape index (κ2) is 8.44. The van der Waals surface area contributed by atoms with Crippen molar-refractivity contribution in [2.45, 2.75) is 26.8 Å². The molecule has 0 spiro atoms. The molecule has 1 aromatic heterocycles. The van der Waals surface area contributed by atoms with E-state index in [1.54, 1.807) is 6.07 Å². The number of hydrogen-bond donors (Lipinski definition) is 1. The Balaban J connectivity index is 1.40. The van der Waals surface area contributed by atoms with Gasteiger partial charge < -0.3 is 14.8 Å². The van der Waals surface area contributed by atoms with E-state index in [4.69, 9.17) is 12.2 Å². The summed E-state index contributed by atoms with van der Waals surface area (Å²) in [6, 6.07) is 13.6. The van der Waals surface area contributed by atoms with Crippen molar-refractivity contribution in [3.8, 4) is 0 Å². The Morgan fingerprint density at radius 2 is 1.77 bits per heavy atom. The maximum absolute atomic E-state index is 12.8. The number of fused-ring (bicyclic) bond motifs is 1. The van der Waals surface area contributed by atoms with Gasteiger partial charge in [-0.1, -0.05) is 24.3 Å². The lowest BCUT2D eigenvalue weighted by atomic mass is 10.1. The predicted molar refractivity (Wildman–Crippen MR) is 123 cm³/mol. The molecule has 0 radical (unpaired) electrons. The highest BCUT2D eigenvalue weighted by Gasteiger charge is 2.22. The topological polar surface area (TPSA) is 61.3 Å². The number of aromatic amines is 1. The molecule has 0 atom stereocenters. The molecule has 7 heteroatoms. The number of aromatic nitrogens is 2. The van der Waals surface area contributed by atoms with Crippen molar-refractivity contribution in [1.29, 1.82) is 0 Å². The number of rotatable bonds is 4. The van der Waals surface area contributed by atoms with Crippen molar-refractivity contribution in [2.75, 3.05) is 31.1 Å². The number of para-hydroxylation sites is 1. The summed E-state index contributed by atoms with van der Waals surface area (Å²) in [5.74, 6) is 0.0603. The average molecular weight is 423 g/mol. The number of piperazine rings is 1. The molecule has 0 saturated carbocycles. The third-order valence-corrected chi connectivity index (χ3v) is 6.31. The average Bonchev–Trinajstić information content (AvgIpc) is 2.75. The van der Waals surface area contributed by atoms with Crippen molar-refractivity contribution < 1.29 is 4.79 Å². The Bertz CT molecular complexity index is 1210. The van der Waals surface area contributed by atoms with E-state index in [0.29, 0.717) is 23.2 Å². The van der Waals surface area contributed by atoms with E-state index in [-0.39, 0.29) is 24.4 Å². The van der Waals surface area contributed by atoms with Crippen LogP contribution in [0.3, 0.4) is 0 Å². The largest absolute Gasteiger partial charge is 0.368 e. The summed E-state index contributed by atoms with van der Waals surface area (Å²) < 4.78 is 1.84. The van der Waals surface area contributed by atoms with Gasteiger partial charge in [0, 0.05) is 44.8 Å². The van der Waals surface area contributed by atoms with Crippen molar-refractivity contribution in [3.63, 3.8) is 0 Å². The number of nitrogens with zero attached hydrogens (tertiary/aromatic N) is 3. The van der Waals surface area contributed by atoms with Crippen LogP contribution in [0.1, 0.15) is 17.5 Å². The van der Waals surface area contributed by atoms with Gasteiger partial charge in [-0.05, 0) is 55.4 Å². The molecule has 30 heavy (non-hydrogen) atoms. The van der Waals surface area contributed by atoms with Gasteiger partial charge in [0.2, 0.25) is 5.91 Å². The van der Waals surface area contributed by atoms with E-state index in [0.717, 1.165) is 18.6 Å². The van der Waals surface area contributed by atoms with Gasteiger partial charge in [0.25, 0.3) is 5.56 Å². The number of aryl methyl sites for hydroxylation is 1. The van der Waals surface area contributed by atoms with Gasteiger partial charge in [0.05, 0.1) is 10.9 Å². The summed E-state index contributed by atoms with van der Waals surface area (Å²) in [5, 5.41) is 0.584. The fourth-order valence-electron chi connectivity index (χ4n) is 4.04. The SMILES string of the molecule is Cc1cccc(N2CCN(C(=O)CCn3c(=S)[nH]c4ccccc4c3=O)CC2)c1C. The van der Waals surface area contributed by atoms with E-state index < -0.39 is 0 Å². The zero-order chi connectivity index (χ0) is 21.3. The first-order valence-electron chi connectivity index (χ1n) is 10.3. The molecule has 1 saturated heterocycles. The second-order valence-electron chi connectivity index (χ2n) is 7.77. The molecular formula is C23H26N4O2S. The van der Waals surface area contributed by atoms with Crippen molar-refractivity contribution in [1.82, 2.24) is 14.5 Å². The van der Waals surface area contributed by atoms with Crippen LogP contribution in [0.15, 0.2) is 47.3 Å². The minimum atomic E-state index is -0.151. The molecule has 3 aromatic rings. The predicted octanol–water partition coefficient (Wildman–Crippen LogP) is 3.41. The van der Waals surface area contributed by atoms with E-state index >= 15 is 0 Å². The van der Waals surface area contributed by atoms with Crippen LogP contribution in [0.25, 0.3) is 10.9 Å². The van der Waals surface area contributed by atoms with Crippen LogP contribution in [-0.2, 0) is 11.3 Å². The van der Waals surface area contributed by atoms with Crippen LogP contribution in [-0.4, -0.2) is 46.5 Å². The molecule has 4 rings (SSSR count). The molecule has 2 heterocycles. The minimum absolute atomic E-state index is 0.0603. The molecule has 1 fully saturated rings. The smallest absolute Gasteiger partial charge is 0.262 e. The summed E-state index contributed by atoms with van der Waals surface area (Å²) in [4.78, 5) is 32.8. The standard InChI is InChI=1S/C23H26N4O2S/c1-16-6-5-9-20(17(16)2)25-12-14-26(15-13-25)21(28)10-11-27-22(29)18-7-3-4-8-19(18)24-23(27)30/h3-9H,10-15H2,1-2H3,(H,24,30). The molecular weight excluding hydrogens is 396 g/mol. The molecule has 0 bridgehead atoms. The fourth-order valence-corrected chi connectivity index (χ4v) is 4.33. The maximum Gasteiger partial charge on any atom is 0.262 e. The Labute approximate surface area is 180 Å². The number of H-pyrrole nitrogens is 1. The van der Waals surface area contributed by atoms with E-state index in [1.165, 1.54) is 21.4 Å². The lowest BCUT2D eigenvalue weighted by molar-refractivity contribution is -0.131. The molecule has 156 valence electrons. The number of carbonyl (C=O) groups excluding carboxylic acids is 1. The highest BCUT2D eigenvalue weighted by atomic mass is 32.1. The summed E-state index contributed by atoms with van der Waals surface area (Å²) in [6.07, 6.45) is 0.263. The Morgan fingerprint density at radius 3 is 2.53 bits per heavy atom. The molecule has 2 aromatic carbocycles. The molecule has 1 amide bonds. The van der Waals surface area contributed by atoms with Crippen molar-refractivity contribution >= 4 is 34.7 Å². The van der Waals surface area contributed by atoms with Crippen molar-refractivity contribution in [3.05, 3.63) is 68.7 Å². The number of carbonyl (C=O) groups is 1. The third kappa shape index (κ3) is 3.89. The Kier molecular flexibility index (Phi) is 5.72. The normalized spacial score (nSPS) is 14.3. The zero-order valence-electron chi connectivity index (χ0n) is 17.4. The Morgan fingerprint density at radius 1 is 1.03 bits per heavy atom. The van der Waals surface area contributed by atoms with Gasteiger partial charge in [0.1, 0.15) is 0 Å². The molecule has 1 N–H and O–H groups in total. The number of hydrogen-bond acceptors (Lipinski definition) is 4. The quantitative estimate of drug-likeness (QED) is 0.655. The van der Waals surface area contributed by atoms with E-state index in [2.05, 4.69) is 41.9 Å². The van der Waals surface area contributed by atoms with Gasteiger partial charge in [-0.15, -0.1) is 0 Å². The minimum Gasteiger partial charge on any atom is -0.368 e. The third-order valence-electron chi connectivity index (χ3n) is 5.99. The lowest BCUT2D eigenvalue weighted by Gasteiger charge is -2.37. The Hall–Kier alpha value is -2.93. The van der Waals surface area contributed by atoms with Gasteiger partial charge >= 0.3 is 0 Å². The lowest BCUT2D eigenvalue weighted by Crippen LogP contribution is -2.49. The van der Waals surface area contributed by atoms with Crippen LogP contribution >= 0.6 is 12.2 Å². The van der Waals surface area contributed by atoms with Crippen LogP contribution in [0.4, 0.5) is 5.69 Å². The highest BCUT2D eigenvalue weighted by molar-refractivity contribution is 7.71. The molecule has 1 aliphatic rings. The first kappa shape index (κ1) is 20.3. The summed E-state index contributed by atoms with van der Waals surface area (Å²) >= 11 is 5.34. The van der Waals surface area contributed by atoms with Gasteiger partial charge in [-0.3, -0.25) is 14.2 Å². The number of benzene rings is 2. The molecule has 6 nitrogen and oxygen atoms in total. The summed E-state index contributed by atoms with van der Waals surface area (Å²) in [5.41, 5.74) is 4.39. The molecule has 1 aliphatic heterocycles. The van der Waals surface area contributed by atoms with E-state index in [9.17, 15) is 9.59 Å². The first-order chi connectivity index (χ1) is 14.5. The zero-order valence-corrected chi connectivity index (χ0v) is 18.2. The number of amides is 1. The van der Waals surface area contributed by atoms with Crippen LogP contribution < -0.4 is 10.5 Å². The second-order valence-corrected chi connectivity index (χ2v) is 8.16. The molecule has 0 unspecified atom stereocenters. The van der Waals surface area contributed by atoms with Crippen molar-refractivity contribution in [2.24, 2.45) is 0 Å². The van der Waals surface area contributed by atoms with Crippen LogP contribution in [0.5, 0.6) is 0 Å². The first-order valence-corrected chi connectivity index (χ1v) is 10.7. The van der Waals surface area contributed by atoms with Gasteiger partial charge in [0.15, 0.2) is 4.77 Å². The summed E-state index contributed by atoms with van der Waals surface area (Å²) in [7, 11) is 0. The summed E-state index contributed by atoms with van der Waals surface area (Å²) in [6.45, 7) is 7.55. The molecule has 0 aliphatic carbocycles. The fraction of sp³-hybridized carbons (Fsp3) is 0.348. The highest BCUT2D eigenvalue weighted by Crippen LogP contribution is 2.24. The number of anilines is 1.